The Balaban J connectivity index is 1.64. The SMILES string of the molecule is COc1cc(C=CC(=O)N2CC[C@]3(O)CCCC[C@H]3C2)ccc1OC(C)C. The molecule has 27 heavy (non-hydrogen) atoms. The van der Waals surface area contributed by atoms with E-state index in [-0.39, 0.29) is 17.9 Å². The molecular weight excluding hydrogens is 342 g/mol. The van der Waals surface area contributed by atoms with Crippen LogP contribution in [0.4, 0.5) is 0 Å². The minimum absolute atomic E-state index is 0.00379. The molecule has 0 unspecified atom stereocenters. The fourth-order valence-corrected chi connectivity index (χ4v) is 4.18. The van der Waals surface area contributed by atoms with E-state index in [0.717, 1.165) is 31.2 Å². The fourth-order valence-electron chi connectivity index (χ4n) is 4.18. The molecule has 1 heterocycles. The minimum atomic E-state index is -0.557. The van der Waals surface area contributed by atoms with Crippen LogP contribution in [-0.2, 0) is 4.79 Å². The maximum atomic E-state index is 12.6. The topological polar surface area (TPSA) is 59.0 Å². The zero-order valence-electron chi connectivity index (χ0n) is 16.6. The number of amides is 1. The molecule has 1 saturated carbocycles. The lowest BCUT2D eigenvalue weighted by molar-refractivity contribution is -0.138. The Hall–Kier alpha value is -2.01. The summed E-state index contributed by atoms with van der Waals surface area (Å²) in [6.07, 6.45) is 8.32. The van der Waals surface area contributed by atoms with Crippen LogP contribution in [0.1, 0.15) is 51.5 Å². The average molecular weight is 373 g/mol. The number of hydrogen-bond donors (Lipinski definition) is 1. The van der Waals surface area contributed by atoms with Crippen molar-refractivity contribution in [2.24, 2.45) is 5.92 Å². The number of methoxy groups -OCH3 is 1. The van der Waals surface area contributed by atoms with Crippen molar-refractivity contribution >= 4 is 12.0 Å². The smallest absolute Gasteiger partial charge is 0.246 e. The van der Waals surface area contributed by atoms with Crippen LogP contribution in [0.2, 0.25) is 0 Å². The molecule has 1 aliphatic heterocycles. The summed E-state index contributed by atoms with van der Waals surface area (Å²) in [5.41, 5.74) is 0.334. The molecule has 0 aromatic heterocycles. The zero-order chi connectivity index (χ0) is 19.4. The number of fused-ring (bicyclic) bond motifs is 1. The number of benzene rings is 1. The van der Waals surface area contributed by atoms with Crippen molar-refractivity contribution < 1.29 is 19.4 Å². The molecular formula is C22H31NO4. The van der Waals surface area contributed by atoms with Crippen LogP contribution in [0, 0.1) is 5.92 Å². The van der Waals surface area contributed by atoms with Gasteiger partial charge in [0.05, 0.1) is 18.8 Å². The highest BCUT2D eigenvalue weighted by molar-refractivity contribution is 5.92. The van der Waals surface area contributed by atoms with Gasteiger partial charge in [-0.15, -0.1) is 0 Å². The molecule has 148 valence electrons. The van der Waals surface area contributed by atoms with E-state index in [0.29, 0.717) is 31.0 Å². The van der Waals surface area contributed by atoms with E-state index < -0.39 is 5.60 Å². The van der Waals surface area contributed by atoms with Crippen LogP contribution in [0.25, 0.3) is 6.08 Å². The monoisotopic (exact) mass is 373 g/mol. The van der Waals surface area contributed by atoms with Crippen molar-refractivity contribution in [3.63, 3.8) is 0 Å². The molecule has 1 aliphatic carbocycles. The highest BCUT2D eigenvalue weighted by Gasteiger charge is 2.43. The van der Waals surface area contributed by atoms with Crippen LogP contribution < -0.4 is 9.47 Å². The molecule has 2 fully saturated rings. The van der Waals surface area contributed by atoms with E-state index in [1.165, 1.54) is 0 Å². The summed E-state index contributed by atoms with van der Waals surface area (Å²) >= 11 is 0. The summed E-state index contributed by atoms with van der Waals surface area (Å²) in [6.45, 7) is 5.22. The van der Waals surface area contributed by atoms with Gasteiger partial charge in [0.25, 0.3) is 0 Å². The largest absolute Gasteiger partial charge is 0.493 e. The number of carbonyl (C=O) groups excluding carboxylic acids is 1. The molecule has 0 radical (unpaired) electrons. The van der Waals surface area contributed by atoms with E-state index in [1.54, 1.807) is 13.2 Å². The van der Waals surface area contributed by atoms with Crippen LogP contribution in [0.3, 0.4) is 0 Å². The van der Waals surface area contributed by atoms with E-state index in [1.807, 2.05) is 43.0 Å². The summed E-state index contributed by atoms with van der Waals surface area (Å²) in [5, 5.41) is 10.8. The normalized spacial score (nSPS) is 25.5. The lowest BCUT2D eigenvalue weighted by Gasteiger charge is -2.47. The predicted molar refractivity (Wildman–Crippen MR) is 106 cm³/mol. The third-order valence-corrected chi connectivity index (χ3v) is 5.71. The Morgan fingerprint density at radius 1 is 1.30 bits per heavy atom. The summed E-state index contributed by atoms with van der Waals surface area (Å²) in [5.74, 6) is 1.57. The van der Waals surface area contributed by atoms with E-state index in [9.17, 15) is 9.90 Å². The first-order valence-corrected chi connectivity index (χ1v) is 9.95. The maximum Gasteiger partial charge on any atom is 0.246 e. The Kier molecular flexibility index (Phi) is 6.10. The van der Waals surface area contributed by atoms with Gasteiger partial charge in [0, 0.05) is 25.1 Å². The third-order valence-electron chi connectivity index (χ3n) is 5.71. The van der Waals surface area contributed by atoms with Crippen LogP contribution in [-0.4, -0.2) is 47.8 Å². The quantitative estimate of drug-likeness (QED) is 0.801. The van der Waals surface area contributed by atoms with E-state index in [4.69, 9.17) is 9.47 Å². The second kappa shape index (κ2) is 8.34. The second-order valence-corrected chi connectivity index (χ2v) is 7.99. The van der Waals surface area contributed by atoms with Gasteiger partial charge in [0.1, 0.15) is 0 Å². The Morgan fingerprint density at radius 2 is 2.11 bits per heavy atom. The van der Waals surface area contributed by atoms with Crippen LogP contribution in [0.15, 0.2) is 24.3 Å². The standard InChI is InChI=1S/C22H31NO4/c1-16(2)27-19-9-7-17(14-20(19)26-3)8-10-21(24)23-13-12-22(25)11-5-4-6-18(22)15-23/h7-10,14,16,18,25H,4-6,11-13,15H2,1-3H3/t18-,22+/m0/s1. The number of piperidine rings is 1. The molecule has 5 nitrogen and oxygen atoms in total. The lowest BCUT2D eigenvalue weighted by Crippen LogP contribution is -2.54. The number of carbonyl (C=O) groups is 1. The average Bonchev–Trinajstić information content (AvgIpc) is 2.65. The Morgan fingerprint density at radius 3 is 2.85 bits per heavy atom. The number of hydrogen-bond acceptors (Lipinski definition) is 4. The van der Waals surface area contributed by atoms with Gasteiger partial charge < -0.3 is 19.5 Å². The number of nitrogens with zero attached hydrogens (tertiary/aromatic N) is 1. The number of likely N-dealkylation sites (tertiary alicyclic amines) is 1. The van der Waals surface area contributed by atoms with E-state index >= 15 is 0 Å². The van der Waals surface area contributed by atoms with Gasteiger partial charge in [0.15, 0.2) is 11.5 Å². The van der Waals surface area contributed by atoms with Crippen molar-refractivity contribution in [2.75, 3.05) is 20.2 Å². The maximum absolute atomic E-state index is 12.6. The van der Waals surface area contributed by atoms with Gasteiger partial charge in [-0.05, 0) is 56.9 Å². The molecule has 1 aromatic rings. The molecule has 1 saturated heterocycles. The number of aliphatic hydroxyl groups is 1. The third kappa shape index (κ3) is 4.64. The van der Waals surface area contributed by atoms with Gasteiger partial charge in [-0.2, -0.15) is 0 Å². The highest BCUT2D eigenvalue weighted by Crippen LogP contribution is 2.39. The molecule has 0 spiro atoms. The Bertz CT molecular complexity index is 700. The number of ether oxygens (including phenoxy) is 2. The second-order valence-electron chi connectivity index (χ2n) is 7.99. The predicted octanol–water partition coefficient (Wildman–Crippen LogP) is 3.65. The lowest BCUT2D eigenvalue weighted by atomic mass is 9.71. The summed E-state index contributed by atoms with van der Waals surface area (Å²) in [7, 11) is 1.61. The molecule has 2 aliphatic rings. The minimum Gasteiger partial charge on any atom is -0.493 e. The van der Waals surface area contributed by atoms with E-state index in [2.05, 4.69) is 0 Å². The Labute approximate surface area is 162 Å². The molecule has 2 atom stereocenters. The zero-order valence-corrected chi connectivity index (χ0v) is 16.6. The van der Waals surface area contributed by atoms with Crippen molar-refractivity contribution in [1.29, 1.82) is 0 Å². The molecule has 1 amide bonds. The first kappa shape index (κ1) is 19.7. The summed E-state index contributed by atoms with van der Waals surface area (Å²) in [4.78, 5) is 14.5. The van der Waals surface area contributed by atoms with Gasteiger partial charge >= 0.3 is 0 Å². The van der Waals surface area contributed by atoms with Crippen LogP contribution >= 0.6 is 0 Å². The highest BCUT2D eigenvalue weighted by atomic mass is 16.5. The molecule has 5 heteroatoms. The van der Waals surface area contributed by atoms with Gasteiger partial charge in [-0.25, -0.2) is 0 Å². The van der Waals surface area contributed by atoms with Crippen molar-refractivity contribution in [3.8, 4) is 11.5 Å². The molecule has 3 rings (SSSR count). The molecule has 1 N–H and O–H groups in total. The molecule has 0 bridgehead atoms. The molecule has 1 aromatic carbocycles. The fraction of sp³-hybridized carbons (Fsp3) is 0.591. The summed E-state index contributed by atoms with van der Waals surface area (Å²) in [6, 6.07) is 5.66. The van der Waals surface area contributed by atoms with Gasteiger partial charge in [-0.3, -0.25) is 4.79 Å². The van der Waals surface area contributed by atoms with Crippen molar-refractivity contribution in [1.82, 2.24) is 4.90 Å². The van der Waals surface area contributed by atoms with Gasteiger partial charge in [-0.1, -0.05) is 18.9 Å². The first-order valence-electron chi connectivity index (χ1n) is 9.95. The van der Waals surface area contributed by atoms with Crippen LogP contribution in [0.5, 0.6) is 11.5 Å². The first-order chi connectivity index (χ1) is 12.9. The summed E-state index contributed by atoms with van der Waals surface area (Å²) < 4.78 is 11.1. The van der Waals surface area contributed by atoms with Crippen molar-refractivity contribution in [2.45, 2.75) is 57.7 Å². The van der Waals surface area contributed by atoms with Gasteiger partial charge in [0.2, 0.25) is 5.91 Å². The number of rotatable bonds is 5. The van der Waals surface area contributed by atoms with Crippen molar-refractivity contribution in [3.05, 3.63) is 29.8 Å².